The first kappa shape index (κ1) is 16.0. The molecule has 0 fully saturated rings. The number of benzene rings is 1. The fourth-order valence-electron chi connectivity index (χ4n) is 1.71. The van der Waals surface area contributed by atoms with Crippen molar-refractivity contribution in [3.63, 3.8) is 0 Å². The second-order valence-electron chi connectivity index (χ2n) is 4.13. The predicted octanol–water partition coefficient (Wildman–Crippen LogP) is 3.62. The van der Waals surface area contributed by atoms with Gasteiger partial charge in [-0.3, -0.25) is 0 Å². The Morgan fingerprint density at radius 3 is 2.48 bits per heavy atom. The number of nitrogen functional groups attached to an aromatic ring is 1. The highest BCUT2D eigenvalue weighted by atomic mass is 79.9. The van der Waals surface area contributed by atoms with Gasteiger partial charge in [-0.15, -0.1) is 0 Å². The summed E-state index contributed by atoms with van der Waals surface area (Å²) in [7, 11) is 0. The van der Waals surface area contributed by atoms with E-state index in [1.807, 2.05) is 36.9 Å². The van der Waals surface area contributed by atoms with Gasteiger partial charge in [0.05, 0.1) is 4.47 Å². The Kier molecular flexibility index (Phi) is 5.35. The molecule has 6 nitrogen and oxygen atoms in total. The molecule has 0 unspecified atom stereocenters. The minimum absolute atomic E-state index is 0.134. The summed E-state index contributed by atoms with van der Waals surface area (Å²) in [6.07, 6.45) is 0. The van der Waals surface area contributed by atoms with Crippen molar-refractivity contribution in [1.82, 2.24) is 15.0 Å². The van der Waals surface area contributed by atoms with Gasteiger partial charge in [0.1, 0.15) is 5.75 Å². The van der Waals surface area contributed by atoms with Crippen molar-refractivity contribution >= 4 is 43.8 Å². The second-order valence-corrected chi connectivity index (χ2v) is 5.90. The molecule has 2 N–H and O–H groups in total. The molecule has 8 heteroatoms. The predicted molar refractivity (Wildman–Crippen MR) is 89.7 cm³/mol. The van der Waals surface area contributed by atoms with E-state index >= 15 is 0 Å². The summed E-state index contributed by atoms with van der Waals surface area (Å²) in [5.41, 5.74) is 5.73. The van der Waals surface area contributed by atoms with Crippen LogP contribution in [0, 0.1) is 0 Å². The van der Waals surface area contributed by atoms with E-state index in [0.29, 0.717) is 11.7 Å². The second kappa shape index (κ2) is 7.04. The smallest absolute Gasteiger partial charge is 0.328 e. The third-order valence-electron chi connectivity index (χ3n) is 2.76. The number of ether oxygens (including phenoxy) is 1. The van der Waals surface area contributed by atoms with Crippen molar-refractivity contribution < 1.29 is 4.74 Å². The van der Waals surface area contributed by atoms with Crippen LogP contribution >= 0.6 is 31.9 Å². The minimum Gasteiger partial charge on any atom is -0.423 e. The average molecular weight is 417 g/mol. The maximum absolute atomic E-state index is 5.73. The fourth-order valence-corrected chi connectivity index (χ4v) is 2.84. The summed E-state index contributed by atoms with van der Waals surface area (Å²) in [5.74, 6) is 1.25. The zero-order valence-corrected chi connectivity index (χ0v) is 14.8. The largest absolute Gasteiger partial charge is 0.423 e. The summed E-state index contributed by atoms with van der Waals surface area (Å²) in [5, 5.41) is 0. The molecule has 0 bridgehead atoms. The van der Waals surface area contributed by atoms with E-state index in [9.17, 15) is 0 Å². The van der Waals surface area contributed by atoms with Crippen molar-refractivity contribution in [3.05, 3.63) is 27.1 Å². The summed E-state index contributed by atoms with van der Waals surface area (Å²) >= 11 is 6.82. The Morgan fingerprint density at radius 1 is 1.14 bits per heavy atom. The molecule has 0 atom stereocenters. The Bertz CT molecular complexity index is 634. The Balaban J connectivity index is 2.31. The number of rotatable bonds is 5. The van der Waals surface area contributed by atoms with Crippen molar-refractivity contribution in [2.75, 3.05) is 23.7 Å². The molecule has 0 radical (unpaired) electrons. The molecular formula is C13H15Br2N5O. The first-order chi connectivity index (χ1) is 10.0. The average Bonchev–Trinajstić information content (AvgIpc) is 2.43. The van der Waals surface area contributed by atoms with E-state index in [4.69, 9.17) is 10.5 Å². The molecular weight excluding hydrogens is 402 g/mol. The molecule has 21 heavy (non-hydrogen) atoms. The molecule has 0 amide bonds. The molecule has 2 rings (SSSR count). The van der Waals surface area contributed by atoms with Crippen LogP contribution in [0.4, 0.5) is 11.9 Å². The van der Waals surface area contributed by atoms with Crippen LogP contribution in [0.5, 0.6) is 11.8 Å². The SMILES string of the molecule is CCN(CC)c1nc(N)nc(Oc2ccc(Br)cc2Br)n1. The van der Waals surface area contributed by atoms with Gasteiger partial charge in [0.15, 0.2) is 0 Å². The Morgan fingerprint density at radius 2 is 1.86 bits per heavy atom. The number of nitrogens with zero attached hydrogens (tertiary/aromatic N) is 4. The van der Waals surface area contributed by atoms with Crippen molar-refractivity contribution in [1.29, 1.82) is 0 Å². The third kappa shape index (κ3) is 4.04. The van der Waals surface area contributed by atoms with Gasteiger partial charge in [0, 0.05) is 17.6 Å². The highest BCUT2D eigenvalue weighted by Gasteiger charge is 2.12. The van der Waals surface area contributed by atoms with Gasteiger partial charge in [0.25, 0.3) is 0 Å². The maximum Gasteiger partial charge on any atom is 0.328 e. The lowest BCUT2D eigenvalue weighted by Crippen LogP contribution is -2.25. The normalized spacial score (nSPS) is 10.5. The van der Waals surface area contributed by atoms with Crippen LogP contribution in [-0.2, 0) is 0 Å². The number of nitrogens with two attached hydrogens (primary N) is 1. The minimum atomic E-state index is 0.134. The van der Waals surface area contributed by atoms with Gasteiger partial charge < -0.3 is 15.4 Å². The molecule has 2 aromatic rings. The van der Waals surface area contributed by atoms with Gasteiger partial charge >= 0.3 is 6.01 Å². The molecule has 0 aliphatic carbocycles. The molecule has 0 spiro atoms. The topological polar surface area (TPSA) is 77.2 Å². The lowest BCUT2D eigenvalue weighted by Gasteiger charge is -2.18. The van der Waals surface area contributed by atoms with Crippen LogP contribution in [-0.4, -0.2) is 28.0 Å². The van der Waals surface area contributed by atoms with Gasteiger partial charge in [-0.25, -0.2) is 0 Å². The standard InChI is InChI=1S/C13H15Br2N5O/c1-3-20(4-2)12-17-11(16)18-13(19-12)21-10-6-5-8(14)7-9(10)15/h5-7H,3-4H2,1-2H3,(H2,16,17,18,19). The number of halogens is 2. The molecule has 0 aliphatic rings. The fraction of sp³-hybridized carbons (Fsp3) is 0.308. The van der Waals surface area contributed by atoms with Crippen LogP contribution in [0.2, 0.25) is 0 Å². The third-order valence-corrected chi connectivity index (χ3v) is 3.87. The van der Waals surface area contributed by atoms with Gasteiger partial charge in [-0.2, -0.15) is 15.0 Å². The van der Waals surface area contributed by atoms with Crippen LogP contribution in [0.3, 0.4) is 0 Å². The summed E-state index contributed by atoms with van der Waals surface area (Å²) < 4.78 is 7.43. The number of hydrogen-bond acceptors (Lipinski definition) is 6. The maximum atomic E-state index is 5.73. The van der Waals surface area contributed by atoms with Crippen molar-refractivity contribution in [3.8, 4) is 11.8 Å². The zero-order chi connectivity index (χ0) is 15.4. The van der Waals surface area contributed by atoms with Gasteiger partial charge in [-0.05, 0) is 48.0 Å². The number of anilines is 2. The van der Waals surface area contributed by atoms with E-state index in [1.54, 1.807) is 0 Å². The van der Waals surface area contributed by atoms with E-state index in [1.165, 1.54) is 0 Å². The molecule has 112 valence electrons. The van der Waals surface area contributed by atoms with E-state index in [-0.39, 0.29) is 12.0 Å². The monoisotopic (exact) mass is 415 g/mol. The number of hydrogen-bond donors (Lipinski definition) is 1. The van der Waals surface area contributed by atoms with Crippen LogP contribution in [0.15, 0.2) is 27.1 Å². The van der Waals surface area contributed by atoms with Gasteiger partial charge in [0.2, 0.25) is 11.9 Å². The lowest BCUT2D eigenvalue weighted by molar-refractivity contribution is 0.437. The summed E-state index contributed by atoms with van der Waals surface area (Å²) in [4.78, 5) is 14.4. The van der Waals surface area contributed by atoms with Crippen LogP contribution in [0.1, 0.15) is 13.8 Å². The summed E-state index contributed by atoms with van der Waals surface area (Å²) in [6.45, 7) is 5.60. The van der Waals surface area contributed by atoms with Crippen LogP contribution < -0.4 is 15.4 Å². The van der Waals surface area contributed by atoms with Crippen molar-refractivity contribution in [2.24, 2.45) is 0 Å². The highest BCUT2D eigenvalue weighted by Crippen LogP contribution is 2.31. The van der Waals surface area contributed by atoms with E-state index in [0.717, 1.165) is 22.0 Å². The highest BCUT2D eigenvalue weighted by molar-refractivity contribution is 9.11. The molecule has 0 saturated heterocycles. The van der Waals surface area contributed by atoms with Gasteiger partial charge in [-0.1, -0.05) is 15.9 Å². The summed E-state index contributed by atoms with van der Waals surface area (Å²) in [6, 6.07) is 5.74. The molecule has 0 saturated carbocycles. The van der Waals surface area contributed by atoms with Crippen molar-refractivity contribution in [2.45, 2.75) is 13.8 Å². The molecule has 1 aromatic carbocycles. The first-order valence-corrected chi connectivity index (χ1v) is 8.01. The van der Waals surface area contributed by atoms with Crippen LogP contribution in [0.25, 0.3) is 0 Å². The quantitative estimate of drug-likeness (QED) is 0.801. The Hall–Kier alpha value is -1.41. The first-order valence-electron chi connectivity index (χ1n) is 6.42. The number of aromatic nitrogens is 3. The lowest BCUT2D eigenvalue weighted by atomic mass is 10.3. The molecule has 0 aliphatic heterocycles. The van der Waals surface area contributed by atoms with E-state index < -0.39 is 0 Å². The Labute approximate surface area is 140 Å². The zero-order valence-electron chi connectivity index (χ0n) is 11.7. The molecule has 1 aromatic heterocycles. The van der Waals surface area contributed by atoms with E-state index in [2.05, 4.69) is 46.8 Å². The molecule has 1 heterocycles.